The van der Waals surface area contributed by atoms with Gasteiger partial charge in [0.05, 0.1) is 17.0 Å². The van der Waals surface area contributed by atoms with Crippen molar-refractivity contribution in [2.45, 2.75) is 24.8 Å². The highest BCUT2D eigenvalue weighted by molar-refractivity contribution is 7.80. The molecule has 1 aromatic heterocycles. The first-order valence-corrected chi connectivity index (χ1v) is 5.35. The lowest BCUT2D eigenvalue weighted by Gasteiger charge is -2.05. The van der Waals surface area contributed by atoms with Crippen LogP contribution < -0.4 is 4.74 Å². The first-order valence-electron chi connectivity index (χ1n) is 4.90. The number of nitrogens with zero attached hydrogens (tertiary/aromatic N) is 2. The van der Waals surface area contributed by atoms with E-state index in [0.717, 1.165) is 15.8 Å². The third kappa shape index (κ3) is 1.95. The van der Waals surface area contributed by atoms with Crippen LogP contribution in [0.1, 0.15) is 13.8 Å². The summed E-state index contributed by atoms with van der Waals surface area (Å²) in [5.41, 5.74) is 1.06. The Morgan fingerprint density at radius 1 is 1.40 bits per heavy atom. The van der Waals surface area contributed by atoms with Crippen molar-refractivity contribution in [1.29, 1.82) is 0 Å². The number of hydrogen-bond donors (Lipinski definition) is 1. The third-order valence-corrected chi connectivity index (χ3v) is 2.43. The second kappa shape index (κ2) is 3.77. The van der Waals surface area contributed by atoms with Crippen LogP contribution in [0.5, 0.6) is 5.88 Å². The summed E-state index contributed by atoms with van der Waals surface area (Å²) in [5, 5.41) is 5.34. The van der Waals surface area contributed by atoms with E-state index in [1.165, 1.54) is 0 Å². The summed E-state index contributed by atoms with van der Waals surface area (Å²) in [7, 11) is 1.91. The van der Waals surface area contributed by atoms with E-state index in [4.69, 9.17) is 4.74 Å². The zero-order chi connectivity index (χ0) is 11.0. The maximum atomic E-state index is 5.64. The number of benzene rings is 1. The normalized spacial score (nSPS) is 11.3. The van der Waals surface area contributed by atoms with Gasteiger partial charge in [-0.05, 0) is 32.0 Å². The average molecular weight is 222 g/mol. The number of hydrogen-bond acceptors (Lipinski definition) is 3. The molecule has 0 saturated heterocycles. The van der Waals surface area contributed by atoms with Crippen molar-refractivity contribution in [2.75, 3.05) is 0 Å². The molecule has 0 aliphatic carbocycles. The van der Waals surface area contributed by atoms with Crippen LogP contribution in [-0.4, -0.2) is 15.9 Å². The van der Waals surface area contributed by atoms with Gasteiger partial charge in [0.2, 0.25) is 5.88 Å². The van der Waals surface area contributed by atoms with E-state index < -0.39 is 0 Å². The highest BCUT2D eigenvalue weighted by Gasteiger charge is 2.10. The molecule has 0 spiro atoms. The Morgan fingerprint density at radius 3 is 2.80 bits per heavy atom. The van der Waals surface area contributed by atoms with Gasteiger partial charge in [-0.25, -0.2) is 0 Å². The summed E-state index contributed by atoms with van der Waals surface area (Å²) in [6, 6.07) is 5.92. The minimum absolute atomic E-state index is 0.131. The van der Waals surface area contributed by atoms with E-state index in [-0.39, 0.29) is 6.10 Å². The number of aromatic nitrogens is 2. The Balaban J connectivity index is 2.59. The molecule has 2 rings (SSSR count). The van der Waals surface area contributed by atoms with Crippen LogP contribution in [-0.2, 0) is 7.05 Å². The second-order valence-electron chi connectivity index (χ2n) is 3.80. The maximum Gasteiger partial charge on any atom is 0.241 e. The van der Waals surface area contributed by atoms with Crippen LogP contribution in [0.4, 0.5) is 0 Å². The Kier molecular flexibility index (Phi) is 2.61. The molecule has 80 valence electrons. The molecule has 0 radical (unpaired) electrons. The molecule has 0 bridgehead atoms. The smallest absolute Gasteiger partial charge is 0.241 e. The first-order chi connectivity index (χ1) is 7.08. The average Bonchev–Trinajstić information content (AvgIpc) is 2.42. The van der Waals surface area contributed by atoms with E-state index in [9.17, 15) is 0 Å². The quantitative estimate of drug-likeness (QED) is 0.791. The summed E-state index contributed by atoms with van der Waals surface area (Å²) in [5.74, 6) is 0.679. The molecular formula is C11H14N2OS. The van der Waals surface area contributed by atoms with Gasteiger partial charge in [-0.3, -0.25) is 4.68 Å². The van der Waals surface area contributed by atoms with Gasteiger partial charge < -0.3 is 4.74 Å². The predicted octanol–water partition coefficient (Wildman–Crippen LogP) is 2.65. The molecule has 1 heterocycles. The number of ether oxygens (including phenoxy) is 1. The van der Waals surface area contributed by atoms with Crippen molar-refractivity contribution in [3.63, 3.8) is 0 Å². The molecule has 0 N–H and O–H groups in total. The van der Waals surface area contributed by atoms with E-state index in [1.54, 1.807) is 0 Å². The van der Waals surface area contributed by atoms with Gasteiger partial charge in [-0.15, -0.1) is 17.7 Å². The van der Waals surface area contributed by atoms with Crippen LogP contribution >= 0.6 is 12.6 Å². The number of fused-ring (bicyclic) bond motifs is 1. The Bertz CT molecular complexity index is 491. The molecular weight excluding hydrogens is 208 g/mol. The molecule has 0 aliphatic rings. The highest BCUT2D eigenvalue weighted by atomic mass is 32.1. The molecule has 3 nitrogen and oxygen atoms in total. The summed E-state index contributed by atoms with van der Waals surface area (Å²) >= 11 is 4.31. The minimum atomic E-state index is 0.131. The molecule has 0 amide bonds. The molecule has 0 saturated carbocycles. The van der Waals surface area contributed by atoms with Crippen molar-refractivity contribution in [3.05, 3.63) is 18.2 Å². The molecule has 0 aliphatic heterocycles. The molecule has 1 aromatic carbocycles. The van der Waals surface area contributed by atoms with Gasteiger partial charge >= 0.3 is 0 Å². The van der Waals surface area contributed by atoms with Crippen molar-refractivity contribution in [3.8, 4) is 5.88 Å². The topological polar surface area (TPSA) is 27.1 Å². The first kappa shape index (κ1) is 10.4. The lowest BCUT2D eigenvalue weighted by Crippen LogP contribution is -2.06. The molecule has 0 fully saturated rings. The zero-order valence-electron chi connectivity index (χ0n) is 9.06. The fraction of sp³-hybridized carbons (Fsp3) is 0.364. The van der Waals surface area contributed by atoms with Crippen molar-refractivity contribution >= 4 is 23.5 Å². The maximum absolute atomic E-state index is 5.64. The fourth-order valence-electron chi connectivity index (χ4n) is 1.53. The van der Waals surface area contributed by atoms with Gasteiger partial charge in [0, 0.05) is 11.9 Å². The van der Waals surface area contributed by atoms with Gasteiger partial charge in [0.25, 0.3) is 0 Å². The lowest BCUT2D eigenvalue weighted by atomic mass is 10.2. The second-order valence-corrected chi connectivity index (χ2v) is 4.31. The van der Waals surface area contributed by atoms with Crippen LogP contribution in [0.3, 0.4) is 0 Å². The summed E-state index contributed by atoms with van der Waals surface area (Å²) in [6.45, 7) is 3.98. The van der Waals surface area contributed by atoms with Crippen LogP contribution in [0.2, 0.25) is 0 Å². The Labute approximate surface area is 94.4 Å². The van der Waals surface area contributed by atoms with Crippen LogP contribution in [0, 0.1) is 0 Å². The summed E-state index contributed by atoms with van der Waals surface area (Å²) in [4.78, 5) is 0.920. The molecule has 0 atom stereocenters. The number of aryl methyl sites for hydroxylation is 1. The van der Waals surface area contributed by atoms with Gasteiger partial charge in [0.15, 0.2) is 0 Å². The van der Waals surface area contributed by atoms with Crippen LogP contribution in [0.25, 0.3) is 10.9 Å². The molecule has 4 heteroatoms. The molecule has 15 heavy (non-hydrogen) atoms. The summed E-state index contributed by atoms with van der Waals surface area (Å²) < 4.78 is 7.46. The van der Waals surface area contributed by atoms with Gasteiger partial charge in [-0.1, -0.05) is 0 Å². The minimum Gasteiger partial charge on any atom is -0.473 e. The number of thiol groups is 1. The Morgan fingerprint density at radius 2 is 2.13 bits per heavy atom. The fourth-order valence-corrected chi connectivity index (χ4v) is 1.74. The third-order valence-electron chi connectivity index (χ3n) is 2.15. The van der Waals surface area contributed by atoms with Crippen molar-refractivity contribution in [2.24, 2.45) is 7.05 Å². The van der Waals surface area contributed by atoms with Crippen molar-refractivity contribution < 1.29 is 4.74 Å². The highest BCUT2D eigenvalue weighted by Crippen LogP contribution is 2.27. The molecule has 2 aromatic rings. The van der Waals surface area contributed by atoms with E-state index in [2.05, 4.69) is 17.7 Å². The lowest BCUT2D eigenvalue weighted by molar-refractivity contribution is 0.233. The van der Waals surface area contributed by atoms with Crippen molar-refractivity contribution in [1.82, 2.24) is 9.78 Å². The van der Waals surface area contributed by atoms with E-state index in [1.807, 2.05) is 43.8 Å². The van der Waals surface area contributed by atoms with Gasteiger partial charge in [-0.2, -0.15) is 0 Å². The monoisotopic (exact) mass is 222 g/mol. The Hall–Kier alpha value is -1.16. The predicted molar refractivity (Wildman–Crippen MR) is 63.7 cm³/mol. The largest absolute Gasteiger partial charge is 0.473 e. The van der Waals surface area contributed by atoms with Crippen LogP contribution in [0.15, 0.2) is 23.1 Å². The van der Waals surface area contributed by atoms with E-state index >= 15 is 0 Å². The number of rotatable bonds is 2. The SMILES string of the molecule is CC(C)Oc1nn(C)c2ccc(S)cc12. The zero-order valence-corrected chi connectivity index (χ0v) is 9.95. The standard InChI is InChI=1S/C11H14N2OS/c1-7(2)14-11-9-6-8(15)4-5-10(9)13(3)12-11/h4-7,15H,1-3H3. The molecule has 0 unspecified atom stereocenters. The van der Waals surface area contributed by atoms with E-state index in [0.29, 0.717) is 5.88 Å². The van der Waals surface area contributed by atoms with Gasteiger partial charge in [0.1, 0.15) is 0 Å². The summed E-state index contributed by atoms with van der Waals surface area (Å²) in [6.07, 6.45) is 0.131.